The average Bonchev–Trinajstić information content (AvgIpc) is 3.11. The summed E-state index contributed by atoms with van der Waals surface area (Å²) in [6.45, 7) is 4.96. The molecule has 2 bridgehead atoms. The van der Waals surface area contributed by atoms with Crippen LogP contribution < -0.4 is 0 Å². The molecule has 4 rings (SSSR count). The quantitative estimate of drug-likeness (QED) is 0.771. The number of benzene rings is 1. The molecule has 0 N–H and O–H groups in total. The van der Waals surface area contributed by atoms with Crippen molar-refractivity contribution in [2.45, 2.75) is 57.4 Å². The molecule has 0 radical (unpaired) electrons. The van der Waals surface area contributed by atoms with Crippen LogP contribution in [-0.2, 0) is 0 Å². The predicted molar refractivity (Wildman–Crippen MR) is 84.0 cm³/mol. The van der Waals surface area contributed by atoms with Crippen LogP contribution in [0.2, 0.25) is 0 Å². The SMILES string of the molecule is Cc1ccccc1C1CCN(C2CC3CCC2C3)CC1. The van der Waals surface area contributed by atoms with Gasteiger partial charge in [-0.2, -0.15) is 0 Å². The fraction of sp³-hybridized carbons (Fsp3) is 0.684. The van der Waals surface area contributed by atoms with Gasteiger partial charge in [0.25, 0.3) is 0 Å². The summed E-state index contributed by atoms with van der Waals surface area (Å²) in [5.74, 6) is 2.94. The van der Waals surface area contributed by atoms with Gasteiger partial charge in [0.2, 0.25) is 0 Å². The lowest BCUT2D eigenvalue weighted by molar-refractivity contribution is 0.110. The molecule has 1 saturated heterocycles. The predicted octanol–water partition coefficient (Wildman–Crippen LogP) is 4.36. The summed E-state index contributed by atoms with van der Waals surface area (Å²) in [6, 6.07) is 9.96. The number of piperidine rings is 1. The highest BCUT2D eigenvalue weighted by molar-refractivity contribution is 5.29. The number of hydrogen-bond donors (Lipinski definition) is 0. The molecule has 0 aromatic heterocycles. The highest BCUT2D eigenvalue weighted by Crippen LogP contribution is 2.47. The molecule has 3 atom stereocenters. The summed E-state index contributed by atoms with van der Waals surface area (Å²) >= 11 is 0. The van der Waals surface area contributed by atoms with Crippen LogP contribution >= 0.6 is 0 Å². The molecule has 1 nitrogen and oxygen atoms in total. The molecule has 2 saturated carbocycles. The zero-order valence-corrected chi connectivity index (χ0v) is 12.7. The molecular formula is C19H27N. The van der Waals surface area contributed by atoms with Crippen molar-refractivity contribution in [3.05, 3.63) is 35.4 Å². The Hall–Kier alpha value is -0.820. The van der Waals surface area contributed by atoms with Gasteiger partial charge in [0.05, 0.1) is 0 Å². The first-order chi connectivity index (χ1) is 9.81. The van der Waals surface area contributed by atoms with E-state index in [2.05, 4.69) is 36.1 Å². The molecule has 0 spiro atoms. The lowest BCUT2D eigenvalue weighted by Crippen LogP contribution is -2.43. The lowest BCUT2D eigenvalue weighted by Gasteiger charge is -2.40. The summed E-state index contributed by atoms with van der Waals surface area (Å²) in [7, 11) is 0. The van der Waals surface area contributed by atoms with Crippen LogP contribution in [-0.4, -0.2) is 24.0 Å². The molecule has 2 aliphatic carbocycles. The van der Waals surface area contributed by atoms with E-state index in [1.165, 1.54) is 50.8 Å². The molecule has 108 valence electrons. The van der Waals surface area contributed by atoms with Crippen molar-refractivity contribution in [2.75, 3.05) is 13.1 Å². The minimum atomic E-state index is 0.811. The fourth-order valence-electron chi connectivity index (χ4n) is 5.25. The molecular weight excluding hydrogens is 242 g/mol. The van der Waals surface area contributed by atoms with Crippen molar-refractivity contribution >= 4 is 0 Å². The zero-order valence-electron chi connectivity index (χ0n) is 12.7. The van der Waals surface area contributed by atoms with Crippen LogP contribution in [0.25, 0.3) is 0 Å². The Balaban J connectivity index is 1.40. The van der Waals surface area contributed by atoms with Crippen molar-refractivity contribution in [3.8, 4) is 0 Å². The first-order valence-electron chi connectivity index (χ1n) is 8.61. The van der Waals surface area contributed by atoms with Crippen molar-refractivity contribution in [1.82, 2.24) is 4.90 Å². The van der Waals surface area contributed by atoms with Crippen LogP contribution in [0, 0.1) is 18.8 Å². The summed E-state index contributed by atoms with van der Waals surface area (Å²) in [5, 5.41) is 0. The Morgan fingerprint density at radius 3 is 2.40 bits per heavy atom. The first-order valence-corrected chi connectivity index (χ1v) is 8.61. The van der Waals surface area contributed by atoms with Gasteiger partial charge in [-0.05, 0) is 81.0 Å². The van der Waals surface area contributed by atoms with E-state index in [-0.39, 0.29) is 0 Å². The van der Waals surface area contributed by atoms with Gasteiger partial charge in [-0.1, -0.05) is 30.7 Å². The molecule has 0 amide bonds. The number of likely N-dealkylation sites (tertiary alicyclic amines) is 1. The fourth-order valence-corrected chi connectivity index (χ4v) is 5.25. The number of nitrogens with zero attached hydrogens (tertiary/aromatic N) is 1. The maximum Gasteiger partial charge on any atom is 0.0126 e. The second kappa shape index (κ2) is 5.18. The van der Waals surface area contributed by atoms with E-state index < -0.39 is 0 Å². The van der Waals surface area contributed by atoms with Crippen LogP contribution in [0.1, 0.15) is 55.6 Å². The minimum Gasteiger partial charge on any atom is -0.300 e. The van der Waals surface area contributed by atoms with E-state index in [0.717, 1.165) is 23.8 Å². The maximum absolute atomic E-state index is 2.85. The van der Waals surface area contributed by atoms with Crippen LogP contribution in [0.5, 0.6) is 0 Å². The highest BCUT2D eigenvalue weighted by Gasteiger charge is 2.42. The van der Waals surface area contributed by atoms with Gasteiger partial charge in [-0.15, -0.1) is 0 Å². The van der Waals surface area contributed by atoms with E-state index in [1.807, 2.05) is 0 Å². The standard InChI is InChI=1S/C19H27N/c1-14-4-2-3-5-18(14)16-8-10-20(11-9-16)19-13-15-6-7-17(19)12-15/h2-5,15-17,19H,6-13H2,1H3. The second-order valence-corrected chi connectivity index (χ2v) is 7.41. The number of aryl methyl sites for hydroxylation is 1. The highest BCUT2D eigenvalue weighted by atomic mass is 15.2. The Bertz CT molecular complexity index is 472. The number of rotatable bonds is 2. The van der Waals surface area contributed by atoms with Gasteiger partial charge < -0.3 is 4.90 Å². The Kier molecular flexibility index (Phi) is 3.34. The van der Waals surface area contributed by atoms with Gasteiger partial charge >= 0.3 is 0 Å². The molecule has 1 aromatic rings. The van der Waals surface area contributed by atoms with E-state index in [0.29, 0.717) is 0 Å². The van der Waals surface area contributed by atoms with E-state index >= 15 is 0 Å². The molecule has 1 heterocycles. The van der Waals surface area contributed by atoms with Crippen molar-refractivity contribution < 1.29 is 0 Å². The van der Waals surface area contributed by atoms with E-state index in [4.69, 9.17) is 0 Å². The Labute approximate surface area is 123 Å². The number of hydrogen-bond acceptors (Lipinski definition) is 1. The van der Waals surface area contributed by atoms with Crippen molar-refractivity contribution in [3.63, 3.8) is 0 Å². The van der Waals surface area contributed by atoms with Crippen molar-refractivity contribution in [1.29, 1.82) is 0 Å². The van der Waals surface area contributed by atoms with Crippen LogP contribution in [0.3, 0.4) is 0 Å². The normalized spacial score (nSPS) is 34.8. The second-order valence-electron chi connectivity index (χ2n) is 7.41. The smallest absolute Gasteiger partial charge is 0.0126 e. The summed E-state index contributed by atoms with van der Waals surface area (Å²) in [5.41, 5.74) is 3.10. The molecule has 1 aromatic carbocycles. The minimum absolute atomic E-state index is 0.811. The molecule has 3 aliphatic rings. The maximum atomic E-state index is 2.85. The third-order valence-corrected chi connectivity index (χ3v) is 6.33. The summed E-state index contributed by atoms with van der Waals surface area (Å²) < 4.78 is 0. The largest absolute Gasteiger partial charge is 0.300 e. The monoisotopic (exact) mass is 269 g/mol. The molecule has 1 heteroatoms. The van der Waals surface area contributed by atoms with E-state index in [1.54, 1.807) is 12.0 Å². The first kappa shape index (κ1) is 12.9. The number of fused-ring (bicyclic) bond motifs is 2. The Morgan fingerprint density at radius 1 is 0.950 bits per heavy atom. The topological polar surface area (TPSA) is 3.24 Å². The van der Waals surface area contributed by atoms with Gasteiger partial charge in [0, 0.05) is 6.04 Å². The van der Waals surface area contributed by atoms with Gasteiger partial charge in [-0.3, -0.25) is 0 Å². The van der Waals surface area contributed by atoms with Crippen LogP contribution in [0.4, 0.5) is 0 Å². The third kappa shape index (κ3) is 2.20. The zero-order chi connectivity index (χ0) is 13.5. The summed E-state index contributed by atoms with van der Waals surface area (Å²) in [6.07, 6.45) is 8.85. The molecule has 3 fully saturated rings. The van der Waals surface area contributed by atoms with Crippen molar-refractivity contribution in [2.24, 2.45) is 11.8 Å². The molecule has 3 unspecified atom stereocenters. The Morgan fingerprint density at radius 2 is 1.75 bits per heavy atom. The average molecular weight is 269 g/mol. The molecule has 20 heavy (non-hydrogen) atoms. The van der Waals surface area contributed by atoms with Crippen LogP contribution in [0.15, 0.2) is 24.3 Å². The van der Waals surface area contributed by atoms with E-state index in [9.17, 15) is 0 Å². The van der Waals surface area contributed by atoms with Gasteiger partial charge in [0.15, 0.2) is 0 Å². The van der Waals surface area contributed by atoms with Gasteiger partial charge in [0.1, 0.15) is 0 Å². The van der Waals surface area contributed by atoms with Gasteiger partial charge in [-0.25, -0.2) is 0 Å². The lowest BCUT2D eigenvalue weighted by atomic mass is 9.85. The third-order valence-electron chi connectivity index (χ3n) is 6.33. The summed E-state index contributed by atoms with van der Waals surface area (Å²) in [4.78, 5) is 2.85. The molecule has 1 aliphatic heterocycles.